The van der Waals surface area contributed by atoms with E-state index in [0.29, 0.717) is 6.07 Å². The van der Waals surface area contributed by atoms with E-state index in [9.17, 15) is 17.6 Å². The Morgan fingerprint density at radius 2 is 1.94 bits per heavy atom. The molecule has 18 heavy (non-hydrogen) atoms. The van der Waals surface area contributed by atoms with Gasteiger partial charge in [-0.25, -0.2) is 4.39 Å². The molecule has 0 aromatic heterocycles. The topological polar surface area (TPSA) is 86.0 Å². The second-order valence-corrected chi connectivity index (χ2v) is 3.00. The molecule has 0 amide bonds. The van der Waals surface area contributed by atoms with Crippen molar-refractivity contribution in [2.75, 3.05) is 0 Å². The summed E-state index contributed by atoms with van der Waals surface area (Å²) in [5.74, 6) is -1.99. The predicted molar refractivity (Wildman–Crippen MR) is 56.5 cm³/mol. The Kier molecular flexibility index (Phi) is 4.08. The first-order valence-electron chi connectivity index (χ1n) is 4.45. The second-order valence-electron chi connectivity index (χ2n) is 3.00. The second kappa shape index (κ2) is 5.34. The van der Waals surface area contributed by atoms with Gasteiger partial charge in [0, 0.05) is 11.6 Å². The van der Waals surface area contributed by atoms with Crippen LogP contribution in [0.4, 0.5) is 17.6 Å². The molecule has 0 fully saturated rings. The Morgan fingerprint density at radius 3 is 2.50 bits per heavy atom. The van der Waals surface area contributed by atoms with Crippen LogP contribution in [0.1, 0.15) is 5.56 Å². The first-order valence-corrected chi connectivity index (χ1v) is 4.45. The molecule has 4 N–H and O–H groups in total. The van der Waals surface area contributed by atoms with Gasteiger partial charge in [0.25, 0.3) is 0 Å². The van der Waals surface area contributed by atoms with Crippen molar-refractivity contribution in [2.45, 2.75) is 6.36 Å². The minimum Gasteiger partial charge on any atom is -0.405 e. The van der Waals surface area contributed by atoms with Gasteiger partial charge in [-0.05, 0) is 12.1 Å². The number of rotatable bonds is 3. The van der Waals surface area contributed by atoms with Crippen molar-refractivity contribution in [3.63, 3.8) is 0 Å². The molecule has 0 spiro atoms. The van der Waals surface area contributed by atoms with E-state index in [2.05, 4.69) is 14.9 Å². The van der Waals surface area contributed by atoms with Crippen LogP contribution in [-0.4, -0.2) is 18.5 Å². The van der Waals surface area contributed by atoms with Crippen molar-refractivity contribution in [2.24, 2.45) is 21.7 Å². The molecule has 1 aromatic carbocycles. The molecular formula is C9H8F4N4O. The van der Waals surface area contributed by atoms with Crippen molar-refractivity contribution in [1.29, 1.82) is 0 Å². The van der Waals surface area contributed by atoms with E-state index in [-0.39, 0.29) is 11.5 Å². The molecule has 0 bridgehead atoms. The molecular weight excluding hydrogens is 256 g/mol. The third-order valence-electron chi connectivity index (χ3n) is 1.57. The van der Waals surface area contributed by atoms with Crippen LogP contribution in [0.25, 0.3) is 0 Å². The maximum atomic E-state index is 12.8. The fraction of sp³-hybridized carbons (Fsp3) is 0.111. The van der Waals surface area contributed by atoms with Gasteiger partial charge < -0.3 is 16.2 Å². The number of guanidine groups is 1. The predicted octanol–water partition coefficient (Wildman–Crippen LogP) is 1.33. The summed E-state index contributed by atoms with van der Waals surface area (Å²) in [6, 6.07) is 2.56. The molecule has 0 atom stereocenters. The summed E-state index contributed by atoms with van der Waals surface area (Å²) in [4.78, 5) is 0. The van der Waals surface area contributed by atoms with Gasteiger partial charge in [-0.3, -0.25) is 0 Å². The van der Waals surface area contributed by atoms with Gasteiger partial charge >= 0.3 is 6.36 Å². The zero-order chi connectivity index (χ0) is 13.8. The Balaban J connectivity index is 3.04. The first-order chi connectivity index (χ1) is 8.28. The van der Waals surface area contributed by atoms with Crippen LogP contribution in [0.2, 0.25) is 0 Å². The summed E-state index contributed by atoms with van der Waals surface area (Å²) >= 11 is 0. The average Bonchev–Trinajstić information content (AvgIpc) is 2.18. The van der Waals surface area contributed by atoms with E-state index in [1.807, 2.05) is 0 Å². The minimum atomic E-state index is -4.94. The van der Waals surface area contributed by atoms with Gasteiger partial charge in [-0.1, -0.05) is 0 Å². The number of hydrogen-bond acceptors (Lipinski definition) is 3. The quantitative estimate of drug-likeness (QED) is 0.374. The first kappa shape index (κ1) is 13.7. The SMILES string of the molecule is NC(N)=NN=Cc1ccc(F)cc1OC(F)(F)F. The van der Waals surface area contributed by atoms with Crippen LogP contribution in [0, 0.1) is 5.82 Å². The standard InChI is InChI=1S/C9H8F4N4O/c10-6-2-1-5(4-16-17-8(14)15)7(3-6)18-9(11,12)13/h1-4H,(H4,14,15,17). The van der Waals surface area contributed by atoms with E-state index >= 15 is 0 Å². The number of halogens is 4. The van der Waals surface area contributed by atoms with Crippen molar-refractivity contribution < 1.29 is 22.3 Å². The molecule has 0 unspecified atom stereocenters. The van der Waals surface area contributed by atoms with E-state index in [4.69, 9.17) is 11.5 Å². The Labute approximate surface area is 98.7 Å². The van der Waals surface area contributed by atoms with Crippen molar-refractivity contribution in [3.05, 3.63) is 29.6 Å². The highest BCUT2D eigenvalue weighted by molar-refractivity contribution is 5.84. The van der Waals surface area contributed by atoms with Crippen molar-refractivity contribution >= 4 is 12.2 Å². The summed E-state index contributed by atoms with van der Waals surface area (Å²) in [6.45, 7) is 0. The third-order valence-corrected chi connectivity index (χ3v) is 1.57. The number of ether oxygens (including phenoxy) is 1. The summed E-state index contributed by atoms with van der Waals surface area (Å²) in [6.07, 6.45) is -4.03. The summed E-state index contributed by atoms with van der Waals surface area (Å²) in [5, 5.41) is 6.50. The molecule has 5 nitrogen and oxygen atoms in total. The van der Waals surface area contributed by atoms with Crippen molar-refractivity contribution in [3.8, 4) is 5.75 Å². The molecule has 0 aliphatic rings. The molecule has 98 valence electrons. The fourth-order valence-electron chi connectivity index (χ4n) is 0.986. The van der Waals surface area contributed by atoms with Crippen LogP contribution in [0.5, 0.6) is 5.75 Å². The highest BCUT2D eigenvalue weighted by Gasteiger charge is 2.32. The monoisotopic (exact) mass is 264 g/mol. The lowest BCUT2D eigenvalue weighted by Gasteiger charge is -2.10. The maximum absolute atomic E-state index is 12.8. The van der Waals surface area contributed by atoms with Gasteiger partial charge in [0.1, 0.15) is 11.6 Å². The average molecular weight is 264 g/mol. The molecule has 0 saturated heterocycles. The highest BCUT2D eigenvalue weighted by atomic mass is 19.4. The van der Waals surface area contributed by atoms with E-state index in [0.717, 1.165) is 18.3 Å². The summed E-state index contributed by atoms with van der Waals surface area (Å²) in [5.41, 5.74) is 9.80. The molecule has 1 rings (SSSR count). The summed E-state index contributed by atoms with van der Waals surface area (Å²) < 4.78 is 52.6. The molecule has 0 heterocycles. The highest BCUT2D eigenvalue weighted by Crippen LogP contribution is 2.26. The van der Waals surface area contributed by atoms with Crippen LogP contribution in [0.3, 0.4) is 0 Å². The Hall–Kier alpha value is -2.32. The van der Waals surface area contributed by atoms with E-state index in [1.165, 1.54) is 0 Å². The molecule has 9 heteroatoms. The number of alkyl halides is 3. The van der Waals surface area contributed by atoms with E-state index < -0.39 is 17.9 Å². The molecule has 1 aromatic rings. The number of nitrogens with two attached hydrogens (primary N) is 2. The lowest BCUT2D eigenvalue weighted by molar-refractivity contribution is -0.274. The number of nitrogens with zero attached hydrogens (tertiary/aromatic N) is 2. The molecule has 0 radical (unpaired) electrons. The van der Waals surface area contributed by atoms with Gasteiger partial charge in [0.15, 0.2) is 0 Å². The molecule has 0 saturated carbocycles. The zero-order valence-corrected chi connectivity index (χ0v) is 8.78. The molecule has 0 aliphatic carbocycles. The normalized spacial score (nSPS) is 11.6. The van der Waals surface area contributed by atoms with Gasteiger partial charge in [0.2, 0.25) is 5.96 Å². The van der Waals surface area contributed by atoms with Crippen LogP contribution < -0.4 is 16.2 Å². The Bertz CT molecular complexity index is 480. The summed E-state index contributed by atoms with van der Waals surface area (Å²) in [7, 11) is 0. The smallest absolute Gasteiger partial charge is 0.405 e. The van der Waals surface area contributed by atoms with Crippen LogP contribution in [0.15, 0.2) is 28.4 Å². The van der Waals surface area contributed by atoms with Gasteiger partial charge in [-0.15, -0.1) is 18.3 Å². The third kappa shape index (κ3) is 4.68. The zero-order valence-electron chi connectivity index (χ0n) is 8.78. The number of hydrogen-bond donors (Lipinski definition) is 2. The van der Waals surface area contributed by atoms with Crippen LogP contribution >= 0.6 is 0 Å². The molecule has 0 aliphatic heterocycles. The Morgan fingerprint density at radius 1 is 1.28 bits per heavy atom. The minimum absolute atomic E-state index is 0.126. The van der Waals surface area contributed by atoms with Crippen molar-refractivity contribution in [1.82, 2.24) is 0 Å². The maximum Gasteiger partial charge on any atom is 0.573 e. The van der Waals surface area contributed by atoms with Gasteiger partial charge in [0.05, 0.1) is 6.21 Å². The fourth-order valence-corrected chi connectivity index (χ4v) is 0.986. The van der Waals surface area contributed by atoms with Gasteiger partial charge in [-0.2, -0.15) is 5.10 Å². The largest absolute Gasteiger partial charge is 0.573 e. The van der Waals surface area contributed by atoms with E-state index in [1.54, 1.807) is 0 Å². The lowest BCUT2D eigenvalue weighted by Crippen LogP contribution is -2.21. The number of benzene rings is 1. The lowest BCUT2D eigenvalue weighted by atomic mass is 10.2. The van der Waals surface area contributed by atoms with Crippen LogP contribution in [-0.2, 0) is 0 Å².